The largest absolute Gasteiger partial charge is 0.364 e. The number of aryl methyl sites for hydroxylation is 1. The van der Waals surface area contributed by atoms with Gasteiger partial charge in [-0.25, -0.2) is 4.98 Å². The number of fused-ring (bicyclic) bond motifs is 1. The van der Waals surface area contributed by atoms with E-state index in [1.54, 1.807) is 18.2 Å². The van der Waals surface area contributed by atoms with Crippen molar-refractivity contribution < 1.29 is 9.59 Å². The van der Waals surface area contributed by atoms with Gasteiger partial charge in [0.15, 0.2) is 5.82 Å². The van der Waals surface area contributed by atoms with Gasteiger partial charge in [-0.2, -0.15) is 0 Å². The van der Waals surface area contributed by atoms with E-state index in [-0.39, 0.29) is 11.8 Å². The van der Waals surface area contributed by atoms with E-state index in [9.17, 15) is 9.59 Å². The van der Waals surface area contributed by atoms with Crippen molar-refractivity contribution in [1.82, 2.24) is 20.2 Å². The molecule has 7 nitrogen and oxygen atoms in total. The predicted molar refractivity (Wildman–Crippen MR) is 128 cm³/mol. The van der Waals surface area contributed by atoms with E-state index in [2.05, 4.69) is 42.6 Å². The molecule has 1 aromatic heterocycles. The van der Waals surface area contributed by atoms with E-state index in [4.69, 9.17) is 0 Å². The van der Waals surface area contributed by atoms with Crippen molar-refractivity contribution in [2.24, 2.45) is 0 Å². The number of carbonyl (C=O) groups excluding carboxylic acids is 2. The van der Waals surface area contributed by atoms with Crippen molar-refractivity contribution in [1.29, 1.82) is 0 Å². The van der Waals surface area contributed by atoms with E-state index >= 15 is 0 Å². The van der Waals surface area contributed by atoms with Gasteiger partial charge in [-0.3, -0.25) is 9.59 Å². The van der Waals surface area contributed by atoms with Crippen LogP contribution in [-0.2, 0) is 6.54 Å². The number of hydrogen-bond donors (Lipinski definition) is 3. The Morgan fingerprint density at radius 3 is 2.65 bits per heavy atom. The Balaban J connectivity index is 0.00000132. The Labute approximate surface area is 191 Å². The van der Waals surface area contributed by atoms with Gasteiger partial charge < -0.3 is 20.5 Å². The summed E-state index contributed by atoms with van der Waals surface area (Å²) >= 11 is 3.46. The lowest BCUT2D eigenvalue weighted by atomic mass is 10.0. The summed E-state index contributed by atoms with van der Waals surface area (Å²) in [6.07, 6.45) is 4.19. The van der Waals surface area contributed by atoms with Crippen LogP contribution >= 0.6 is 15.9 Å². The first kappa shape index (κ1) is 23.1. The number of aromatic amines is 1. The number of benzene rings is 1. The summed E-state index contributed by atoms with van der Waals surface area (Å²) in [5.41, 5.74) is 4.19. The van der Waals surface area contributed by atoms with Crippen LogP contribution in [0.15, 0.2) is 23.8 Å². The Morgan fingerprint density at radius 1 is 1.23 bits per heavy atom. The zero-order chi connectivity index (χ0) is 22.4. The standard InChI is InChI=1S/C21H24BrN5O2.C2H6/c1-13-8-15(4-5-16(13)21(29)27-6-2-3-7-27)20(28)24-12-18-25-17-9-14(10-22)11-23-19(17)26-18;1-2/h4-5,8-9,23H,2-3,6-7,10-12H2,1H3,(H,24,28)(H,25,26);1-2H3. The highest BCUT2D eigenvalue weighted by Gasteiger charge is 2.21. The van der Waals surface area contributed by atoms with Gasteiger partial charge in [-0.1, -0.05) is 29.8 Å². The van der Waals surface area contributed by atoms with Gasteiger partial charge in [0.1, 0.15) is 5.82 Å². The molecule has 0 unspecified atom stereocenters. The van der Waals surface area contributed by atoms with Crippen molar-refractivity contribution >= 4 is 39.6 Å². The van der Waals surface area contributed by atoms with Crippen LogP contribution in [0.4, 0.5) is 5.82 Å². The number of nitrogens with zero attached hydrogens (tertiary/aromatic N) is 2. The molecule has 166 valence electrons. The van der Waals surface area contributed by atoms with Crippen molar-refractivity contribution in [2.75, 3.05) is 30.3 Å². The molecule has 0 radical (unpaired) electrons. The number of imidazole rings is 1. The second-order valence-electron chi connectivity index (χ2n) is 7.45. The molecule has 0 bridgehead atoms. The third-order valence-electron chi connectivity index (χ3n) is 5.31. The molecule has 0 saturated carbocycles. The molecule has 8 heteroatoms. The van der Waals surface area contributed by atoms with E-state index in [0.717, 1.165) is 54.9 Å². The predicted octanol–water partition coefficient (Wildman–Crippen LogP) is 4.11. The summed E-state index contributed by atoms with van der Waals surface area (Å²) in [6.45, 7) is 8.57. The first-order chi connectivity index (χ1) is 15.0. The summed E-state index contributed by atoms with van der Waals surface area (Å²) in [6, 6.07) is 5.25. The van der Waals surface area contributed by atoms with Gasteiger partial charge in [-0.05, 0) is 55.2 Å². The maximum absolute atomic E-state index is 12.6. The number of hydrogen-bond acceptors (Lipinski definition) is 4. The topological polar surface area (TPSA) is 90.1 Å². The quantitative estimate of drug-likeness (QED) is 0.553. The number of amides is 2. The fraction of sp³-hybridized carbons (Fsp3) is 0.435. The van der Waals surface area contributed by atoms with E-state index in [1.807, 2.05) is 25.7 Å². The third-order valence-corrected chi connectivity index (χ3v) is 6.03. The van der Waals surface area contributed by atoms with Gasteiger partial charge in [0.2, 0.25) is 0 Å². The van der Waals surface area contributed by atoms with Crippen LogP contribution in [0, 0.1) is 6.92 Å². The molecular weight excluding hydrogens is 458 g/mol. The SMILES string of the molecule is CC.Cc1cc(C(=O)NCc2nc3c([nH]2)C=C(CBr)CN3)ccc1C(=O)N1CCCC1. The number of halogens is 1. The van der Waals surface area contributed by atoms with Crippen LogP contribution in [0.2, 0.25) is 0 Å². The Morgan fingerprint density at radius 2 is 1.97 bits per heavy atom. The highest BCUT2D eigenvalue weighted by Crippen LogP contribution is 2.22. The number of alkyl halides is 1. The molecule has 0 spiro atoms. The lowest BCUT2D eigenvalue weighted by Crippen LogP contribution is -2.28. The van der Waals surface area contributed by atoms with Crippen LogP contribution in [0.5, 0.6) is 0 Å². The van der Waals surface area contributed by atoms with Crippen molar-refractivity contribution in [3.63, 3.8) is 0 Å². The monoisotopic (exact) mass is 487 g/mol. The van der Waals surface area contributed by atoms with E-state index in [1.165, 1.54) is 5.57 Å². The minimum atomic E-state index is -0.188. The molecule has 2 aromatic rings. The molecular formula is C23H30BrN5O2. The smallest absolute Gasteiger partial charge is 0.254 e. The average molecular weight is 488 g/mol. The Hall–Kier alpha value is -2.61. The van der Waals surface area contributed by atoms with Gasteiger partial charge >= 0.3 is 0 Å². The molecule has 1 saturated heterocycles. The van der Waals surface area contributed by atoms with Crippen molar-refractivity contribution in [3.05, 3.63) is 52.0 Å². The highest BCUT2D eigenvalue weighted by molar-refractivity contribution is 9.09. The molecule has 0 aliphatic carbocycles. The van der Waals surface area contributed by atoms with Gasteiger partial charge in [-0.15, -0.1) is 0 Å². The lowest BCUT2D eigenvalue weighted by molar-refractivity contribution is 0.0791. The van der Waals surface area contributed by atoms with Crippen molar-refractivity contribution in [3.8, 4) is 0 Å². The van der Waals surface area contributed by atoms with Gasteiger partial charge in [0.25, 0.3) is 11.8 Å². The summed E-state index contributed by atoms with van der Waals surface area (Å²) in [5.74, 6) is 1.36. The normalized spacial score (nSPS) is 14.7. The molecule has 3 N–H and O–H groups in total. The fourth-order valence-electron chi connectivity index (χ4n) is 3.70. The molecule has 2 amide bonds. The van der Waals surface area contributed by atoms with Gasteiger partial charge in [0.05, 0.1) is 12.2 Å². The fourth-order valence-corrected chi connectivity index (χ4v) is 4.06. The number of nitrogens with one attached hydrogen (secondary N) is 3. The number of carbonyl (C=O) groups is 2. The third kappa shape index (κ3) is 5.36. The maximum Gasteiger partial charge on any atom is 0.254 e. The maximum atomic E-state index is 12.6. The summed E-state index contributed by atoms with van der Waals surface area (Å²) < 4.78 is 0. The van der Waals surface area contributed by atoms with E-state index < -0.39 is 0 Å². The van der Waals surface area contributed by atoms with Crippen molar-refractivity contribution in [2.45, 2.75) is 40.2 Å². The number of anilines is 1. The Kier molecular flexibility index (Phi) is 7.90. The number of aromatic nitrogens is 2. The van der Waals surface area contributed by atoms with Gasteiger partial charge in [0, 0.05) is 36.1 Å². The zero-order valence-corrected chi connectivity index (χ0v) is 19.9. The van der Waals surface area contributed by atoms with E-state index in [0.29, 0.717) is 23.5 Å². The van der Waals surface area contributed by atoms with Crippen LogP contribution in [-0.4, -0.2) is 51.6 Å². The number of likely N-dealkylation sites (tertiary alicyclic amines) is 1. The first-order valence-electron chi connectivity index (χ1n) is 10.8. The Bertz CT molecular complexity index is 976. The summed E-state index contributed by atoms with van der Waals surface area (Å²) in [7, 11) is 0. The first-order valence-corrected chi connectivity index (χ1v) is 11.9. The molecule has 2 aliphatic heterocycles. The molecule has 4 rings (SSSR count). The van der Waals surface area contributed by atoms with Crippen LogP contribution in [0.1, 0.15) is 64.5 Å². The number of rotatable bonds is 5. The zero-order valence-electron chi connectivity index (χ0n) is 18.3. The highest BCUT2D eigenvalue weighted by atomic mass is 79.9. The summed E-state index contributed by atoms with van der Waals surface area (Å²) in [4.78, 5) is 34.8. The molecule has 2 aliphatic rings. The number of H-pyrrole nitrogens is 1. The molecule has 1 aromatic carbocycles. The summed E-state index contributed by atoms with van der Waals surface area (Å²) in [5, 5.41) is 6.96. The van der Waals surface area contributed by atoms with Crippen LogP contribution in [0.25, 0.3) is 6.08 Å². The second-order valence-corrected chi connectivity index (χ2v) is 8.01. The lowest BCUT2D eigenvalue weighted by Gasteiger charge is -2.17. The second kappa shape index (κ2) is 10.6. The van der Waals surface area contributed by atoms with Crippen LogP contribution < -0.4 is 10.6 Å². The molecule has 0 atom stereocenters. The minimum Gasteiger partial charge on any atom is -0.364 e. The molecule has 1 fully saturated rings. The average Bonchev–Trinajstić information content (AvgIpc) is 3.47. The van der Waals surface area contributed by atoms with Crippen LogP contribution in [0.3, 0.4) is 0 Å². The minimum absolute atomic E-state index is 0.0523. The molecule has 31 heavy (non-hydrogen) atoms. The molecule has 3 heterocycles.